The van der Waals surface area contributed by atoms with Crippen molar-refractivity contribution in [1.82, 2.24) is 0 Å². The van der Waals surface area contributed by atoms with Crippen LogP contribution in [-0.2, 0) is 19.1 Å². The van der Waals surface area contributed by atoms with Crippen LogP contribution < -0.4 is 4.74 Å². The second-order valence-corrected chi connectivity index (χ2v) is 8.68. The van der Waals surface area contributed by atoms with E-state index in [1.165, 1.54) is 0 Å². The molecule has 0 fully saturated rings. The fraction of sp³-hybridized carbons (Fsp3) is 0.417. The summed E-state index contributed by atoms with van der Waals surface area (Å²) in [5.74, 6) is -0.982. The number of carbonyl (C=O) groups excluding carboxylic acids is 2. The Hall–Kier alpha value is -2.53. The van der Waals surface area contributed by atoms with Crippen LogP contribution in [-0.4, -0.2) is 23.6 Å². The minimum absolute atomic E-state index is 0.0476. The Balaban J connectivity index is 2.09. The van der Waals surface area contributed by atoms with Gasteiger partial charge in [-0.15, -0.1) is 0 Å². The molecule has 0 bridgehead atoms. The van der Waals surface area contributed by atoms with Gasteiger partial charge < -0.3 is 14.2 Å². The molecule has 30 heavy (non-hydrogen) atoms. The molecule has 0 aromatic heterocycles. The first-order chi connectivity index (χ1) is 14.0. The Morgan fingerprint density at radius 1 is 1.00 bits per heavy atom. The zero-order chi connectivity index (χ0) is 22.3. The maximum absolute atomic E-state index is 12.6. The van der Waals surface area contributed by atoms with Gasteiger partial charge in [-0.25, -0.2) is 0 Å². The molecule has 2 aromatic rings. The molecule has 0 radical (unpaired) electrons. The minimum atomic E-state index is -0.634. The van der Waals surface area contributed by atoms with Crippen LogP contribution in [0.5, 0.6) is 5.75 Å². The van der Waals surface area contributed by atoms with Crippen LogP contribution >= 0.6 is 11.6 Å². The van der Waals surface area contributed by atoms with Crippen molar-refractivity contribution in [2.75, 3.05) is 0 Å². The summed E-state index contributed by atoms with van der Waals surface area (Å²) in [6, 6.07) is 16.5. The van der Waals surface area contributed by atoms with E-state index >= 15 is 0 Å². The third kappa shape index (κ3) is 7.71. The molecule has 0 heterocycles. The molecular weight excluding hydrogens is 404 g/mol. The van der Waals surface area contributed by atoms with Crippen molar-refractivity contribution in [1.29, 1.82) is 0 Å². The molecular formula is C24H29ClO5. The average Bonchev–Trinajstić information content (AvgIpc) is 2.65. The van der Waals surface area contributed by atoms with E-state index in [1.54, 1.807) is 58.9 Å². The fourth-order valence-corrected chi connectivity index (χ4v) is 3.02. The van der Waals surface area contributed by atoms with Crippen molar-refractivity contribution in [3.63, 3.8) is 0 Å². The maximum Gasteiger partial charge on any atom is 0.309 e. The van der Waals surface area contributed by atoms with Gasteiger partial charge in [0.2, 0.25) is 0 Å². The molecule has 0 saturated heterocycles. The number of benzene rings is 2. The number of halogens is 1. The Morgan fingerprint density at radius 3 is 2.27 bits per heavy atom. The first-order valence-corrected chi connectivity index (χ1v) is 10.3. The summed E-state index contributed by atoms with van der Waals surface area (Å²) >= 11 is 6.06. The SMILES string of the molecule is C[C@H](CC(=O)OC(C)(C)C)C(=O)O[C@@H](C)[C@H](Oc1cccc(Cl)c1)c1ccccc1. The van der Waals surface area contributed by atoms with Gasteiger partial charge in [0, 0.05) is 5.02 Å². The summed E-state index contributed by atoms with van der Waals surface area (Å²) in [6.45, 7) is 8.77. The highest BCUT2D eigenvalue weighted by Crippen LogP contribution is 2.29. The van der Waals surface area contributed by atoms with Crippen molar-refractivity contribution in [3.05, 3.63) is 65.2 Å². The van der Waals surface area contributed by atoms with E-state index in [0.717, 1.165) is 5.56 Å². The van der Waals surface area contributed by atoms with Crippen molar-refractivity contribution in [3.8, 4) is 5.75 Å². The summed E-state index contributed by atoms with van der Waals surface area (Å²) < 4.78 is 17.1. The van der Waals surface area contributed by atoms with E-state index in [2.05, 4.69) is 0 Å². The lowest BCUT2D eigenvalue weighted by Gasteiger charge is -2.27. The zero-order valence-corrected chi connectivity index (χ0v) is 18.8. The number of hydrogen-bond donors (Lipinski definition) is 0. The molecule has 0 N–H and O–H groups in total. The predicted molar refractivity (Wildman–Crippen MR) is 116 cm³/mol. The number of carbonyl (C=O) groups is 2. The van der Waals surface area contributed by atoms with Crippen LogP contribution in [0.15, 0.2) is 54.6 Å². The topological polar surface area (TPSA) is 61.8 Å². The number of esters is 2. The van der Waals surface area contributed by atoms with Gasteiger partial charge in [0.25, 0.3) is 0 Å². The van der Waals surface area contributed by atoms with E-state index in [-0.39, 0.29) is 6.42 Å². The molecule has 0 aliphatic carbocycles. The van der Waals surface area contributed by atoms with Gasteiger partial charge in [-0.2, -0.15) is 0 Å². The van der Waals surface area contributed by atoms with Crippen LogP contribution in [0, 0.1) is 5.92 Å². The second kappa shape index (κ2) is 10.5. The molecule has 2 rings (SSSR count). The molecule has 0 amide bonds. The number of rotatable bonds is 8. The van der Waals surface area contributed by atoms with Gasteiger partial charge in [0.05, 0.1) is 12.3 Å². The summed E-state index contributed by atoms with van der Waals surface area (Å²) in [5.41, 5.74) is 0.259. The Labute approximate surface area is 183 Å². The smallest absolute Gasteiger partial charge is 0.309 e. The first-order valence-electron chi connectivity index (χ1n) is 9.94. The molecule has 0 saturated carbocycles. The largest absolute Gasteiger partial charge is 0.482 e. The van der Waals surface area contributed by atoms with E-state index in [1.807, 2.05) is 30.3 Å². The highest BCUT2D eigenvalue weighted by Gasteiger charge is 2.29. The highest BCUT2D eigenvalue weighted by molar-refractivity contribution is 6.30. The van der Waals surface area contributed by atoms with Crippen molar-refractivity contribution >= 4 is 23.5 Å². The summed E-state index contributed by atoms with van der Waals surface area (Å²) in [5, 5.41) is 0.551. The third-order valence-electron chi connectivity index (χ3n) is 4.21. The standard InChI is InChI=1S/C24H29ClO5/c1-16(14-21(26)30-24(3,4)5)23(27)28-17(2)22(18-10-7-6-8-11-18)29-20-13-9-12-19(25)15-20/h6-13,15-17,22H,14H2,1-5H3/t16-,17+,22+/m1/s1. The Kier molecular flexibility index (Phi) is 8.30. The van der Waals surface area contributed by atoms with Crippen LogP contribution in [0.2, 0.25) is 5.02 Å². The van der Waals surface area contributed by atoms with E-state index < -0.39 is 35.7 Å². The maximum atomic E-state index is 12.6. The highest BCUT2D eigenvalue weighted by atomic mass is 35.5. The molecule has 162 valence electrons. The van der Waals surface area contributed by atoms with Gasteiger partial charge in [-0.3, -0.25) is 9.59 Å². The third-order valence-corrected chi connectivity index (χ3v) is 4.45. The lowest BCUT2D eigenvalue weighted by molar-refractivity contribution is -0.165. The van der Waals surface area contributed by atoms with Gasteiger partial charge in [0.1, 0.15) is 17.5 Å². The molecule has 0 unspecified atom stereocenters. The minimum Gasteiger partial charge on any atom is -0.482 e. The number of ether oxygens (including phenoxy) is 3. The summed E-state index contributed by atoms with van der Waals surface area (Å²) in [7, 11) is 0. The Bertz CT molecular complexity index is 844. The van der Waals surface area contributed by atoms with E-state index in [0.29, 0.717) is 10.8 Å². The van der Waals surface area contributed by atoms with Gasteiger partial charge in [-0.05, 0) is 51.5 Å². The van der Waals surface area contributed by atoms with Crippen molar-refractivity contribution < 1.29 is 23.8 Å². The second-order valence-electron chi connectivity index (χ2n) is 8.24. The van der Waals surface area contributed by atoms with E-state index in [9.17, 15) is 9.59 Å². The molecule has 6 heteroatoms. The average molecular weight is 433 g/mol. The molecule has 5 nitrogen and oxygen atoms in total. The van der Waals surface area contributed by atoms with Gasteiger partial charge in [0.15, 0.2) is 6.10 Å². The lowest BCUT2D eigenvalue weighted by atomic mass is 10.0. The quantitative estimate of drug-likeness (QED) is 0.496. The first kappa shape index (κ1) is 23.7. The van der Waals surface area contributed by atoms with Crippen LogP contribution in [0.25, 0.3) is 0 Å². The number of hydrogen-bond acceptors (Lipinski definition) is 5. The molecule has 3 atom stereocenters. The molecule has 0 aliphatic heterocycles. The van der Waals surface area contributed by atoms with Crippen LogP contribution in [0.1, 0.15) is 52.7 Å². The van der Waals surface area contributed by atoms with Crippen LogP contribution in [0.4, 0.5) is 0 Å². The van der Waals surface area contributed by atoms with Gasteiger partial charge >= 0.3 is 11.9 Å². The molecule has 0 spiro atoms. The summed E-state index contributed by atoms with van der Waals surface area (Å²) in [6.07, 6.45) is -1.18. The molecule has 0 aliphatic rings. The van der Waals surface area contributed by atoms with Crippen molar-refractivity contribution in [2.45, 2.75) is 58.8 Å². The summed E-state index contributed by atoms with van der Waals surface area (Å²) in [4.78, 5) is 24.6. The van der Waals surface area contributed by atoms with Crippen molar-refractivity contribution in [2.24, 2.45) is 5.92 Å². The van der Waals surface area contributed by atoms with E-state index in [4.69, 9.17) is 25.8 Å². The molecule has 2 aromatic carbocycles. The monoisotopic (exact) mass is 432 g/mol. The predicted octanol–water partition coefficient (Wildman–Crippen LogP) is 5.76. The fourth-order valence-electron chi connectivity index (χ4n) is 2.84. The van der Waals surface area contributed by atoms with Crippen LogP contribution in [0.3, 0.4) is 0 Å². The normalized spacial score (nSPS) is 14.3. The Morgan fingerprint density at radius 2 is 1.67 bits per heavy atom. The van der Waals surface area contributed by atoms with Gasteiger partial charge in [-0.1, -0.05) is 54.9 Å². The lowest BCUT2D eigenvalue weighted by Crippen LogP contribution is -2.31. The zero-order valence-electron chi connectivity index (χ0n) is 18.1.